The Hall–Kier alpha value is -0.120. The van der Waals surface area contributed by atoms with Crippen molar-refractivity contribution >= 4 is 0 Å². The van der Waals surface area contributed by atoms with E-state index in [0.717, 1.165) is 13.1 Å². The maximum Gasteiger partial charge on any atom is -0.00489 e. The summed E-state index contributed by atoms with van der Waals surface area (Å²) in [6.07, 6.45) is 18.8. The number of nitrogens with two attached hydrogens (primary N) is 2. The predicted molar refractivity (Wildman–Crippen MR) is 95.6 cm³/mol. The summed E-state index contributed by atoms with van der Waals surface area (Å²) < 4.78 is 0. The normalized spacial score (nSPS) is 11.1. The van der Waals surface area contributed by atoms with E-state index in [0.29, 0.717) is 0 Å². The van der Waals surface area contributed by atoms with Crippen molar-refractivity contribution in [2.75, 3.05) is 26.2 Å². The van der Waals surface area contributed by atoms with Gasteiger partial charge in [-0.15, -0.1) is 0 Å². The molecule has 0 saturated carbocycles. The Morgan fingerprint density at radius 2 is 0.667 bits per heavy atom. The smallest absolute Gasteiger partial charge is 0.00489 e. The van der Waals surface area contributed by atoms with Gasteiger partial charge in [-0.3, -0.25) is 0 Å². The second kappa shape index (κ2) is 19.9. The molecular weight excluding hydrogens is 258 g/mol. The summed E-state index contributed by atoms with van der Waals surface area (Å²) in [7, 11) is 0. The summed E-state index contributed by atoms with van der Waals surface area (Å²) in [5.74, 6) is 0. The van der Waals surface area contributed by atoms with Gasteiger partial charge in [-0.25, -0.2) is 0 Å². The molecule has 0 amide bonds. The highest BCUT2D eigenvalue weighted by Gasteiger charge is 1.93. The third-order valence-electron chi connectivity index (χ3n) is 4.12. The minimum atomic E-state index is 0.859. The van der Waals surface area contributed by atoms with Crippen LogP contribution in [0.2, 0.25) is 0 Å². The van der Waals surface area contributed by atoms with E-state index < -0.39 is 0 Å². The van der Waals surface area contributed by atoms with E-state index in [9.17, 15) is 0 Å². The van der Waals surface area contributed by atoms with Gasteiger partial charge >= 0.3 is 0 Å². The first-order valence-electron chi connectivity index (χ1n) is 9.52. The van der Waals surface area contributed by atoms with Gasteiger partial charge in [-0.1, -0.05) is 64.2 Å². The molecule has 0 radical (unpaired) electrons. The van der Waals surface area contributed by atoms with Crippen LogP contribution in [0.4, 0.5) is 0 Å². The van der Waals surface area contributed by atoms with Crippen molar-refractivity contribution in [2.45, 2.75) is 89.9 Å². The SMILES string of the molecule is NCCCCCCCCCNCCCCCCCCCN. The monoisotopic (exact) mass is 299 g/mol. The standard InChI is InChI=1S/C18H41N3/c19-15-11-7-3-1-5-9-13-17-21-18-14-10-6-2-4-8-12-16-20/h21H,1-20H2. The lowest BCUT2D eigenvalue weighted by Gasteiger charge is -2.05. The Morgan fingerprint density at radius 3 is 1.00 bits per heavy atom. The Morgan fingerprint density at radius 1 is 0.381 bits per heavy atom. The topological polar surface area (TPSA) is 64.1 Å². The fourth-order valence-corrected chi connectivity index (χ4v) is 2.68. The molecule has 0 heterocycles. The predicted octanol–water partition coefficient (Wildman–Crippen LogP) is 3.95. The van der Waals surface area contributed by atoms with Crippen molar-refractivity contribution in [1.29, 1.82) is 0 Å². The van der Waals surface area contributed by atoms with E-state index in [1.807, 2.05) is 0 Å². The minimum absolute atomic E-state index is 0.859. The number of rotatable bonds is 18. The molecule has 0 spiro atoms. The molecule has 0 aliphatic carbocycles. The molecule has 0 aliphatic heterocycles. The largest absolute Gasteiger partial charge is 0.330 e. The number of hydrogen-bond donors (Lipinski definition) is 3. The third-order valence-corrected chi connectivity index (χ3v) is 4.12. The van der Waals surface area contributed by atoms with Crippen LogP contribution in [0.5, 0.6) is 0 Å². The molecule has 0 bridgehead atoms. The Bertz CT molecular complexity index is 156. The molecule has 0 rings (SSSR count). The van der Waals surface area contributed by atoms with Crippen LogP contribution in [0.15, 0.2) is 0 Å². The van der Waals surface area contributed by atoms with Crippen molar-refractivity contribution in [3.8, 4) is 0 Å². The molecule has 0 atom stereocenters. The van der Waals surface area contributed by atoms with Gasteiger partial charge in [-0.05, 0) is 51.9 Å². The summed E-state index contributed by atoms with van der Waals surface area (Å²) in [5, 5.41) is 3.57. The van der Waals surface area contributed by atoms with Gasteiger partial charge in [0, 0.05) is 0 Å². The van der Waals surface area contributed by atoms with Crippen LogP contribution in [0.25, 0.3) is 0 Å². The van der Waals surface area contributed by atoms with E-state index in [1.165, 1.54) is 103 Å². The molecule has 5 N–H and O–H groups in total. The van der Waals surface area contributed by atoms with Gasteiger partial charge in [0.05, 0.1) is 0 Å². The Balaban J connectivity index is 2.90. The zero-order valence-electron chi connectivity index (χ0n) is 14.4. The minimum Gasteiger partial charge on any atom is -0.330 e. The summed E-state index contributed by atoms with van der Waals surface area (Å²) in [6, 6.07) is 0. The quantitative estimate of drug-likeness (QED) is 0.336. The molecule has 3 nitrogen and oxygen atoms in total. The molecular formula is C18H41N3. The van der Waals surface area contributed by atoms with Crippen molar-refractivity contribution in [3.63, 3.8) is 0 Å². The average Bonchev–Trinajstić information content (AvgIpc) is 2.50. The maximum absolute atomic E-state index is 5.48. The number of unbranched alkanes of at least 4 members (excludes halogenated alkanes) is 12. The van der Waals surface area contributed by atoms with Crippen LogP contribution in [0.1, 0.15) is 89.9 Å². The van der Waals surface area contributed by atoms with Gasteiger partial charge in [0.1, 0.15) is 0 Å². The summed E-state index contributed by atoms with van der Waals surface area (Å²) >= 11 is 0. The first-order valence-corrected chi connectivity index (χ1v) is 9.52. The molecule has 0 aliphatic rings. The first-order chi connectivity index (χ1) is 10.4. The fraction of sp³-hybridized carbons (Fsp3) is 1.00. The Kier molecular flexibility index (Phi) is 19.8. The second-order valence-corrected chi connectivity index (χ2v) is 6.28. The summed E-state index contributed by atoms with van der Waals surface area (Å²) in [6.45, 7) is 4.13. The van der Waals surface area contributed by atoms with Gasteiger partial charge < -0.3 is 16.8 Å². The van der Waals surface area contributed by atoms with E-state index in [-0.39, 0.29) is 0 Å². The van der Waals surface area contributed by atoms with E-state index >= 15 is 0 Å². The van der Waals surface area contributed by atoms with E-state index in [2.05, 4.69) is 5.32 Å². The second-order valence-electron chi connectivity index (χ2n) is 6.28. The molecule has 0 saturated heterocycles. The highest BCUT2D eigenvalue weighted by Crippen LogP contribution is 2.07. The van der Waals surface area contributed by atoms with E-state index in [4.69, 9.17) is 11.5 Å². The van der Waals surface area contributed by atoms with Crippen molar-refractivity contribution in [3.05, 3.63) is 0 Å². The molecule has 3 heteroatoms. The molecule has 0 fully saturated rings. The molecule has 0 aromatic carbocycles. The van der Waals surface area contributed by atoms with Crippen LogP contribution in [0.3, 0.4) is 0 Å². The van der Waals surface area contributed by atoms with Gasteiger partial charge in [0.25, 0.3) is 0 Å². The lowest BCUT2D eigenvalue weighted by molar-refractivity contribution is 0.534. The maximum atomic E-state index is 5.48. The van der Waals surface area contributed by atoms with Crippen LogP contribution in [-0.4, -0.2) is 26.2 Å². The number of hydrogen-bond acceptors (Lipinski definition) is 3. The highest BCUT2D eigenvalue weighted by molar-refractivity contribution is 4.52. The number of nitrogens with one attached hydrogen (secondary N) is 1. The lowest BCUT2D eigenvalue weighted by Crippen LogP contribution is -2.16. The van der Waals surface area contributed by atoms with E-state index in [1.54, 1.807) is 0 Å². The van der Waals surface area contributed by atoms with Crippen LogP contribution in [-0.2, 0) is 0 Å². The fourth-order valence-electron chi connectivity index (χ4n) is 2.68. The van der Waals surface area contributed by atoms with Gasteiger partial charge in [0.15, 0.2) is 0 Å². The molecule has 21 heavy (non-hydrogen) atoms. The zero-order chi connectivity index (χ0) is 15.4. The average molecular weight is 300 g/mol. The molecule has 0 unspecified atom stereocenters. The van der Waals surface area contributed by atoms with Crippen molar-refractivity contribution in [1.82, 2.24) is 5.32 Å². The molecule has 128 valence electrons. The lowest BCUT2D eigenvalue weighted by atomic mass is 10.1. The van der Waals surface area contributed by atoms with Crippen molar-refractivity contribution in [2.24, 2.45) is 11.5 Å². The zero-order valence-corrected chi connectivity index (χ0v) is 14.4. The van der Waals surface area contributed by atoms with Crippen LogP contribution < -0.4 is 16.8 Å². The summed E-state index contributed by atoms with van der Waals surface area (Å²) in [5.41, 5.74) is 11.0. The van der Waals surface area contributed by atoms with Crippen LogP contribution >= 0.6 is 0 Å². The highest BCUT2D eigenvalue weighted by atomic mass is 14.8. The summed E-state index contributed by atoms with van der Waals surface area (Å²) in [4.78, 5) is 0. The first kappa shape index (κ1) is 20.9. The Labute approximate surface area is 133 Å². The molecule has 0 aromatic heterocycles. The third kappa shape index (κ3) is 19.9. The van der Waals surface area contributed by atoms with Crippen molar-refractivity contribution < 1.29 is 0 Å². The van der Waals surface area contributed by atoms with Crippen LogP contribution in [0, 0.1) is 0 Å². The van der Waals surface area contributed by atoms with Gasteiger partial charge in [-0.2, -0.15) is 0 Å². The molecule has 0 aromatic rings. The van der Waals surface area contributed by atoms with Gasteiger partial charge in [0.2, 0.25) is 0 Å².